The van der Waals surface area contributed by atoms with Crippen LogP contribution in [0.15, 0.2) is 0 Å². The van der Waals surface area contributed by atoms with Crippen molar-refractivity contribution in [2.24, 2.45) is 0 Å². The summed E-state index contributed by atoms with van der Waals surface area (Å²) < 4.78 is 41.8. The second-order valence-electron chi connectivity index (χ2n) is 0.887. The zero-order valence-corrected chi connectivity index (χ0v) is 10.4. The van der Waals surface area contributed by atoms with Crippen LogP contribution in [-0.2, 0) is 29.0 Å². The SMILES string of the molecule is O=P([O-])(O)O.[K+].[O]=[Mn](=[O])(=[O])[OH]. The van der Waals surface area contributed by atoms with Crippen LogP contribution in [0.2, 0.25) is 0 Å². The third-order valence-corrected chi connectivity index (χ3v) is 0. The van der Waals surface area contributed by atoms with Gasteiger partial charge in [-0.2, -0.15) is 0 Å². The Labute approximate surface area is 105 Å². The number of hydrogen-bond donors (Lipinski definition) is 3. The summed E-state index contributed by atoms with van der Waals surface area (Å²) in [5.41, 5.74) is 0. The minimum absolute atomic E-state index is 0. The number of rotatable bonds is 0. The fourth-order valence-corrected chi connectivity index (χ4v) is 0. The summed E-state index contributed by atoms with van der Waals surface area (Å²) in [6.45, 7) is 0. The maximum atomic E-state index is 8.77. The Morgan fingerprint density at radius 1 is 1.18 bits per heavy atom. The van der Waals surface area contributed by atoms with Crippen molar-refractivity contribution in [3.8, 4) is 0 Å². The van der Waals surface area contributed by atoms with E-state index in [2.05, 4.69) is 0 Å². The number of phosphoric acid groups is 1. The van der Waals surface area contributed by atoms with Gasteiger partial charge < -0.3 is 14.7 Å². The van der Waals surface area contributed by atoms with Crippen molar-refractivity contribution in [2.45, 2.75) is 0 Å². The summed E-state index contributed by atoms with van der Waals surface area (Å²) in [7, 11) is -4.89. The molecule has 0 amide bonds. The summed E-state index contributed by atoms with van der Waals surface area (Å²) in [6, 6.07) is 0. The molecule has 0 rings (SSSR count). The third kappa shape index (κ3) is 408. The quantitative estimate of drug-likeness (QED) is 0.286. The molecule has 64 valence electrons. The molecular formula is H3KMnO8P. The van der Waals surface area contributed by atoms with Gasteiger partial charge in [0.2, 0.25) is 0 Å². The molecule has 11 heteroatoms. The van der Waals surface area contributed by atoms with E-state index >= 15 is 0 Å². The Hall–Kier alpha value is 1.63. The van der Waals surface area contributed by atoms with Crippen LogP contribution in [0.1, 0.15) is 0 Å². The first-order valence-corrected chi connectivity index (χ1v) is 4.90. The summed E-state index contributed by atoms with van der Waals surface area (Å²) in [5, 5.41) is 0. The first-order chi connectivity index (χ1) is 4.00. The molecule has 0 bridgehead atoms. The van der Waals surface area contributed by atoms with Crippen LogP contribution in [-0.4, -0.2) is 14.0 Å². The second-order valence-corrected chi connectivity index (χ2v) is 3.10. The molecule has 3 N–H and O–H groups in total. The molecule has 0 spiro atoms. The molecule has 0 fully saturated rings. The van der Waals surface area contributed by atoms with Crippen molar-refractivity contribution >= 4 is 7.82 Å². The first kappa shape index (κ1) is 18.4. The maximum absolute atomic E-state index is 8.77. The van der Waals surface area contributed by atoms with Crippen molar-refractivity contribution < 1.29 is 99.3 Å². The first-order valence-electron chi connectivity index (χ1n) is 1.40. The van der Waals surface area contributed by atoms with E-state index in [4.69, 9.17) is 34.9 Å². The number of hydrogen-bond acceptors (Lipinski definition) is 5. The van der Waals surface area contributed by atoms with Gasteiger partial charge in [0.1, 0.15) is 0 Å². The van der Waals surface area contributed by atoms with Crippen LogP contribution in [0.3, 0.4) is 0 Å². The molecule has 0 aliphatic heterocycles. The fraction of sp³-hybridized carbons (Fsp3) is 0. The van der Waals surface area contributed by atoms with Crippen molar-refractivity contribution in [3.05, 3.63) is 0 Å². The molecule has 0 aliphatic carbocycles. The Morgan fingerprint density at radius 3 is 1.18 bits per heavy atom. The van der Waals surface area contributed by atoms with Gasteiger partial charge in [-0.05, 0) is 0 Å². The Balaban J connectivity index is -0.000000107. The van der Waals surface area contributed by atoms with Crippen molar-refractivity contribution in [2.75, 3.05) is 0 Å². The monoisotopic (exact) mass is 256 g/mol. The van der Waals surface area contributed by atoms with E-state index < -0.39 is 20.8 Å². The molecule has 0 saturated heterocycles. The molecule has 0 unspecified atom stereocenters. The fourth-order valence-electron chi connectivity index (χ4n) is 0. The van der Waals surface area contributed by atoms with Crippen LogP contribution >= 0.6 is 7.82 Å². The molecule has 0 radical (unpaired) electrons. The zero-order valence-electron chi connectivity index (χ0n) is 5.21. The molecule has 8 nitrogen and oxygen atoms in total. The van der Waals surface area contributed by atoms with Gasteiger partial charge in [0.25, 0.3) is 7.82 Å². The van der Waals surface area contributed by atoms with E-state index in [9.17, 15) is 0 Å². The molecule has 0 aromatic rings. The van der Waals surface area contributed by atoms with E-state index in [1.165, 1.54) is 0 Å². The zero-order chi connectivity index (χ0) is 9.00. The van der Waals surface area contributed by atoms with Crippen LogP contribution in [0.25, 0.3) is 0 Å². The van der Waals surface area contributed by atoms with E-state index in [0.29, 0.717) is 0 Å². The van der Waals surface area contributed by atoms with E-state index in [1.807, 2.05) is 0 Å². The van der Waals surface area contributed by atoms with Gasteiger partial charge in [0.15, 0.2) is 0 Å². The van der Waals surface area contributed by atoms with Crippen molar-refractivity contribution in [1.82, 2.24) is 0 Å². The van der Waals surface area contributed by atoms with Gasteiger partial charge >= 0.3 is 80.0 Å². The average Bonchev–Trinajstić information content (AvgIpc) is 1.12. The van der Waals surface area contributed by atoms with Gasteiger partial charge in [-0.3, -0.25) is 4.57 Å². The second kappa shape index (κ2) is 7.07. The Bertz CT molecular complexity index is 238. The molecule has 0 heterocycles. The Morgan fingerprint density at radius 2 is 1.18 bits per heavy atom. The average molecular weight is 256 g/mol. The Kier molecular flexibility index (Phi) is 11.8. The molecule has 0 atom stereocenters. The van der Waals surface area contributed by atoms with Crippen LogP contribution < -0.4 is 56.3 Å². The van der Waals surface area contributed by atoms with E-state index in [-0.39, 0.29) is 51.4 Å². The summed E-state index contributed by atoms with van der Waals surface area (Å²) in [6.07, 6.45) is 0. The van der Waals surface area contributed by atoms with Crippen LogP contribution in [0.4, 0.5) is 0 Å². The minimum atomic E-state index is -5.38. The van der Waals surface area contributed by atoms with E-state index in [1.54, 1.807) is 0 Å². The summed E-state index contributed by atoms with van der Waals surface area (Å²) in [5.74, 6) is 0. The molecule has 0 aliphatic rings. The normalized spacial score (nSPS) is 10.5. The van der Waals surface area contributed by atoms with Gasteiger partial charge in [0, 0.05) is 0 Å². The predicted molar refractivity (Wildman–Crippen MR) is 16.3 cm³/mol. The van der Waals surface area contributed by atoms with Gasteiger partial charge in [-0.15, -0.1) is 0 Å². The van der Waals surface area contributed by atoms with Gasteiger partial charge in [-0.25, -0.2) is 0 Å². The van der Waals surface area contributed by atoms with Crippen LogP contribution in [0, 0.1) is 0 Å². The van der Waals surface area contributed by atoms with Crippen LogP contribution in [0.5, 0.6) is 0 Å². The molecular weight excluding hydrogens is 253 g/mol. The molecule has 11 heavy (non-hydrogen) atoms. The van der Waals surface area contributed by atoms with Gasteiger partial charge in [0.05, 0.1) is 0 Å². The van der Waals surface area contributed by atoms with Crippen molar-refractivity contribution in [1.29, 1.82) is 0 Å². The standard InChI is InChI=1S/K.Mn.H3O4P.H2O.3O/c;;1-5(2,3)4;;;;/h;;(H3,1,2,3,4);1H2;;;/q2*+1;;;;;/p-2. The van der Waals surface area contributed by atoms with Gasteiger partial charge in [-0.1, -0.05) is 0 Å². The summed E-state index contributed by atoms with van der Waals surface area (Å²) in [4.78, 5) is 22.9. The predicted octanol–water partition coefficient (Wildman–Crippen LogP) is -5.47. The van der Waals surface area contributed by atoms with E-state index in [0.717, 1.165) is 0 Å². The molecule has 0 saturated carbocycles. The molecule has 0 aromatic carbocycles. The third-order valence-electron chi connectivity index (χ3n) is 0. The summed E-state index contributed by atoms with van der Waals surface area (Å²) >= 11 is -5.38. The molecule has 0 aromatic heterocycles. The van der Waals surface area contributed by atoms with Crippen molar-refractivity contribution in [3.63, 3.8) is 0 Å². The topological polar surface area (TPSA) is 152 Å².